The minimum Gasteiger partial charge on any atom is -0.394 e. The summed E-state index contributed by atoms with van der Waals surface area (Å²) in [5, 5.41) is 53.5. The van der Waals surface area contributed by atoms with Gasteiger partial charge in [0.25, 0.3) is 0 Å². The van der Waals surface area contributed by atoms with Crippen LogP contribution in [0.1, 0.15) is 0 Å². The van der Waals surface area contributed by atoms with Crippen molar-refractivity contribution in [1.82, 2.24) is 0 Å². The van der Waals surface area contributed by atoms with Crippen LogP contribution >= 0.6 is 7.14 Å². The van der Waals surface area contributed by atoms with Crippen LogP contribution in [0.2, 0.25) is 0 Å². The Balaban J connectivity index is 4.35. The Morgan fingerprint density at radius 2 is 0.913 bits per heavy atom. The van der Waals surface area contributed by atoms with Gasteiger partial charge in [0.1, 0.15) is 37.4 Å². The summed E-state index contributed by atoms with van der Waals surface area (Å²) in [4.78, 5) is 0. The lowest BCUT2D eigenvalue weighted by molar-refractivity contribution is 0.00610. The molecule has 3 atom stereocenters. The lowest BCUT2D eigenvalue weighted by Gasteiger charge is -2.20. The number of ether oxygens (including phenoxy) is 3. The number of hydrogen-bond donors (Lipinski definition) is 6. The standard InChI is InChI=1S/C12H27O10P/c13-1-10(16)4-20-7-23(19,8-21-5-11(17)2-14)9-22-6-12(18)3-15/h10-18H,1-9H2. The topological polar surface area (TPSA) is 166 Å². The Bertz CT molecular complexity index is 281. The van der Waals surface area contributed by atoms with Crippen molar-refractivity contribution in [3.63, 3.8) is 0 Å². The summed E-state index contributed by atoms with van der Waals surface area (Å²) in [6.07, 6.45) is -4.19. The molecule has 0 heterocycles. The van der Waals surface area contributed by atoms with Crippen LogP contribution in [0.5, 0.6) is 0 Å². The minimum atomic E-state index is -3.16. The minimum absolute atomic E-state index is 0.223. The van der Waals surface area contributed by atoms with Gasteiger partial charge in [-0.05, 0) is 0 Å². The highest BCUT2D eigenvalue weighted by atomic mass is 31.2. The fraction of sp³-hybridized carbons (Fsp3) is 1.00. The van der Waals surface area contributed by atoms with E-state index in [4.69, 9.17) is 44.8 Å². The number of aliphatic hydroxyl groups is 6. The molecule has 0 rings (SSSR count). The molecule has 3 unspecified atom stereocenters. The molecule has 0 aromatic heterocycles. The molecule has 0 aromatic rings. The highest BCUT2D eigenvalue weighted by Crippen LogP contribution is 2.45. The first-order valence-electron chi connectivity index (χ1n) is 7.04. The summed E-state index contributed by atoms with van der Waals surface area (Å²) in [5.41, 5.74) is 0. The van der Waals surface area contributed by atoms with E-state index in [1.807, 2.05) is 0 Å². The first-order chi connectivity index (χ1) is 10.9. The average molecular weight is 362 g/mol. The predicted octanol–water partition coefficient (Wildman–Crippen LogP) is -2.67. The van der Waals surface area contributed by atoms with Gasteiger partial charge in [-0.25, -0.2) is 0 Å². The van der Waals surface area contributed by atoms with E-state index in [1.54, 1.807) is 0 Å². The molecule has 0 aliphatic rings. The zero-order chi connectivity index (χ0) is 17.7. The molecule has 11 heteroatoms. The summed E-state index contributed by atoms with van der Waals surface area (Å²) in [5.74, 6) is 0. The molecule has 0 bridgehead atoms. The molecule has 0 radical (unpaired) electrons. The summed E-state index contributed by atoms with van der Waals surface area (Å²) < 4.78 is 27.8. The number of aliphatic hydroxyl groups excluding tert-OH is 6. The van der Waals surface area contributed by atoms with Crippen LogP contribution in [-0.4, -0.2) is 108 Å². The van der Waals surface area contributed by atoms with Crippen molar-refractivity contribution in [3.8, 4) is 0 Å². The van der Waals surface area contributed by atoms with Crippen molar-refractivity contribution in [3.05, 3.63) is 0 Å². The van der Waals surface area contributed by atoms with Gasteiger partial charge >= 0.3 is 0 Å². The van der Waals surface area contributed by atoms with Crippen molar-refractivity contribution in [2.45, 2.75) is 18.3 Å². The largest absolute Gasteiger partial charge is 0.394 e. The lowest BCUT2D eigenvalue weighted by Crippen LogP contribution is -2.23. The maximum absolute atomic E-state index is 12.6. The van der Waals surface area contributed by atoms with E-state index < -0.39 is 45.3 Å². The molecule has 0 amide bonds. The van der Waals surface area contributed by atoms with Crippen molar-refractivity contribution in [2.24, 2.45) is 0 Å². The van der Waals surface area contributed by atoms with E-state index in [0.717, 1.165) is 0 Å². The fourth-order valence-electron chi connectivity index (χ4n) is 1.34. The molecule has 0 saturated heterocycles. The van der Waals surface area contributed by atoms with E-state index in [9.17, 15) is 4.57 Å². The smallest absolute Gasteiger partial charge is 0.160 e. The van der Waals surface area contributed by atoms with E-state index >= 15 is 0 Å². The highest BCUT2D eigenvalue weighted by Gasteiger charge is 2.25. The first kappa shape index (κ1) is 22.9. The van der Waals surface area contributed by atoms with Gasteiger partial charge in [-0.1, -0.05) is 0 Å². The molecule has 0 fully saturated rings. The maximum Gasteiger partial charge on any atom is 0.160 e. The van der Waals surface area contributed by atoms with E-state index in [0.29, 0.717) is 0 Å². The van der Waals surface area contributed by atoms with Gasteiger partial charge in [0.2, 0.25) is 0 Å². The van der Waals surface area contributed by atoms with Crippen LogP contribution in [0.15, 0.2) is 0 Å². The van der Waals surface area contributed by atoms with E-state index in [2.05, 4.69) is 0 Å². The molecular formula is C12H27O10P. The first-order valence-corrected chi connectivity index (χ1v) is 9.30. The Morgan fingerprint density at radius 3 is 1.13 bits per heavy atom. The molecule has 0 spiro atoms. The van der Waals surface area contributed by atoms with Gasteiger partial charge in [0.15, 0.2) is 7.14 Å². The summed E-state index contributed by atoms with van der Waals surface area (Å²) in [7, 11) is -3.16. The van der Waals surface area contributed by atoms with Crippen LogP contribution in [0.25, 0.3) is 0 Å². The maximum atomic E-state index is 12.6. The predicted molar refractivity (Wildman–Crippen MR) is 79.3 cm³/mol. The third-order valence-corrected chi connectivity index (χ3v) is 4.50. The SMILES string of the molecule is O=P(COCC(O)CO)(COCC(O)CO)COCC(O)CO. The molecule has 0 aliphatic carbocycles. The summed E-state index contributed by atoms with van der Waals surface area (Å²) in [6, 6.07) is 0. The second kappa shape index (κ2) is 13.2. The van der Waals surface area contributed by atoms with Crippen LogP contribution in [-0.2, 0) is 18.8 Å². The van der Waals surface area contributed by atoms with Gasteiger partial charge < -0.3 is 49.4 Å². The average Bonchev–Trinajstić information content (AvgIpc) is 2.54. The zero-order valence-corrected chi connectivity index (χ0v) is 13.8. The normalized spacial score (nSPS) is 18.3. The van der Waals surface area contributed by atoms with Gasteiger partial charge in [-0.2, -0.15) is 0 Å². The summed E-state index contributed by atoms with van der Waals surface area (Å²) in [6.45, 7) is -2.16. The second-order valence-electron chi connectivity index (χ2n) is 5.07. The van der Waals surface area contributed by atoms with Gasteiger partial charge in [-0.3, -0.25) is 0 Å². The zero-order valence-electron chi connectivity index (χ0n) is 12.9. The fourth-order valence-corrected chi connectivity index (χ4v) is 2.87. The van der Waals surface area contributed by atoms with E-state index in [-0.39, 0.29) is 38.9 Å². The monoisotopic (exact) mass is 362 g/mol. The Labute approximate surface area is 134 Å². The molecule has 0 aromatic carbocycles. The Kier molecular flexibility index (Phi) is 13.1. The van der Waals surface area contributed by atoms with Crippen LogP contribution in [0.3, 0.4) is 0 Å². The quantitative estimate of drug-likeness (QED) is 0.169. The second-order valence-corrected chi connectivity index (χ2v) is 7.96. The Morgan fingerprint density at radius 1 is 0.652 bits per heavy atom. The molecule has 6 N–H and O–H groups in total. The van der Waals surface area contributed by atoms with Gasteiger partial charge in [-0.15, -0.1) is 0 Å². The Hall–Kier alpha value is -0.130. The van der Waals surface area contributed by atoms with E-state index in [1.165, 1.54) is 0 Å². The number of rotatable bonds is 15. The molecule has 140 valence electrons. The van der Waals surface area contributed by atoms with Gasteiger partial charge in [0, 0.05) is 0 Å². The summed E-state index contributed by atoms with van der Waals surface area (Å²) >= 11 is 0. The lowest BCUT2D eigenvalue weighted by atomic mass is 10.4. The third-order valence-electron chi connectivity index (χ3n) is 2.54. The van der Waals surface area contributed by atoms with Crippen molar-refractivity contribution >= 4 is 7.14 Å². The van der Waals surface area contributed by atoms with Crippen molar-refractivity contribution in [2.75, 3.05) is 58.7 Å². The molecule has 0 saturated carbocycles. The van der Waals surface area contributed by atoms with Crippen molar-refractivity contribution in [1.29, 1.82) is 0 Å². The van der Waals surface area contributed by atoms with Gasteiger partial charge in [0.05, 0.1) is 39.6 Å². The van der Waals surface area contributed by atoms with Crippen LogP contribution in [0, 0.1) is 0 Å². The molecule has 10 nitrogen and oxygen atoms in total. The molecule has 0 aliphatic heterocycles. The highest BCUT2D eigenvalue weighted by molar-refractivity contribution is 7.63. The van der Waals surface area contributed by atoms with Crippen LogP contribution < -0.4 is 0 Å². The molecular weight excluding hydrogens is 335 g/mol. The molecule has 23 heavy (non-hydrogen) atoms. The third kappa shape index (κ3) is 12.0. The van der Waals surface area contributed by atoms with Crippen LogP contribution in [0.4, 0.5) is 0 Å². The number of hydrogen-bond acceptors (Lipinski definition) is 10. The van der Waals surface area contributed by atoms with Crippen molar-refractivity contribution < 1.29 is 49.4 Å².